The smallest absolute Gasteiger partial charge is 0.222 e. The fraction of sp³-hybridized carbons (Fsp3) is 0.938. The average molecular weight is 301 g/mol. The molecule has 0 spiro atoms. The van der Waals surface area contributed by atoms with Gasteiger partial charge in [0.25, 0.3) is 0 Å². The Kier molecular flexibility index (Phi) is 9.98. The number of unbranched alkanes of at least 4 members (excludes halogenated alkanes) is 8. The van der Waals surface area contributed by atoms with Gasteiger partial charge in [-0.3, -0.25) is 9.00 Å². The zero-order valence-corrected chi connectivity index (χ0v) is 13.9. The second-order valence-electron chi connectivity index (χ2n) is 5.81. The van der Waals surface area contributed by atoms with Crippen molar-refractivity contribution in [2.75, 3.05) is 24.6 Å². The molecule has 1 heterocycles. The molecule has 1 fully saturated rings. The molecule has 4 heteroatoms. The summed E-state index contributed by atoms with van der Waals surface area (Å²) in [5.41, 5.74) is 0. The molecule has 118 valence electrons. The predicted molar refractivity (Wildman–Crippen MR) is 86.3 cm³/mol. The molecule has 1 amide bonds. The quantitative estimate of drug-likeness (QED) is 0.579. The zero-order chi connectivity index (χ0) is 14.6. The van der Waals surface area contributed by atoms with E-state index in [9.17, 15) is 9.00 Å². The lowest BCUT2D eigenvalue weighted by Gasteiger charge is -2.26. The van der Waals surface area contributed by atoms with Crippen molar-refractivity contribution in [3.63, 3.8) is 0 Å². The largest absolute Gasteiger partial charge is 0.341 e. The van der Waals surface area contributed by atoms with Crippen LogP contribution in [0.1, 0.15) is 71.1 Å². The van der Waals surface area contributed by atoms with E-state index in [0.29, 0.717) is 31.0 Å². The van der Waals surface area contributed by atoms with E-state index in [4.69, 9.17) is 0 Å². The number of amides is 1. The normalized spacial score (nSPS) is 16.6. The molecule has 1 rings (SSSR count). The van der Waals surface area contributed by atoms with E-state index in [-0.39, 0.29) is 5.91 Å². The van der Waals surface area contributed by atoms with Crippen LogP contribution in [0, 0.1) is 0 Å². The molecule has 1 aliphatic rings. The summed E-state index contributed by atoms with van der Waals surface area (Å²) in [6, 6.07) is 0. The highest BCUT2D eigenvalue weighted by molar-refractivity contribution is 7.85. The standard InChI is InChI=1S/C16H31NO2S/c1-2-3-4-5-6-7-8-9-10-11-16(18)17-12-14-20(19)15-13-17/h2-15H2,1H3. The molecule has 0 aromatic heterocycles. The van der Waals surface area contributed by atoms with Gasteiger partial charge in [-0.15, -0.1) is 0 Å². The molecule has 0 unspecified atom stereocenters. The summed E-state index contributed by atoms with van der Waals surface area (Å²) >= 11 is 0. The van der Waals surface area contributed by atoms with Crippen molar-refractivity contribution >= 4 is 16.7 Å². The van der Waals surface area contributed by atoms with Gasteiger partial charge in [0, 0.05) is 41.8 Å². The number of carbonyl (C=O) groups excluding carboxylic acids is 1. The van der Waals surface area contributed by atoms with Gasteiger partial charge in [0.1, 0.15) is 0 Å². The van der Waals surface area contributed by atoms with Crippen LogP contribution in [0.2, 0.25) is 0 Å². The maximum atomic E-state index is 11.9. The van der Waals surface area contributed by atoms with Gasteiger partial charge >= 0.3 is 0 Å². The van der Waals surface area contributed by atoms with Crippen LogP contribution in [-0.2, 0) is 15.6 Å². The molecule has 0 radical (unpaired) electrons. The van der Waals surface area contributed by atoms with Crippen molar-refractivity contribution in [2.24, 2.45) is 0 Å². The summed E-state index contributed by atoms with van der Waals surface area (Å²) in [5.74, 6) is 1.61. The molecule has 3 nitrogen and oxygen atoms in total. The van der Waals surface area contributed by atoms with Gasteiger partial charge in [0.05, 0.1) is 0 Å². The Balaban J connectivity index is 1.90. The molecule has 0 N–H and O–H groups in total. The highest BCUT2D eigenvalue weighted by Gasteiger charge is 2.19. The maximum Gasteiger partial charge on any atom is 0.222 e. The van der Waals surface area contributed by atoms with Gasteiger partial charge in [-0.05, 0) is 6.42 Å². The minimum atomic E-state index is -0.685. The Morgan fingerprint density at radius 3 is 1.95 bits per heavy atom. The van der Waals surface area contributed by atoms with Gasteiger partial charge in [-0.2, -0.15) is 0 Å². The second-order valence-corrected chi connectivity index (χ2v) is 7.50. The van der Waals surface area contributed by atoms with Crippen molar-refractivity contribution in [1.82, 2.24) is 4.90 Å². The Hall–Kier alpha value is -0.380. The average Bonchev–Trinajstić information content (AvgIpc) is 2.46. The number of rotatable bonds is 10. The number of hydrogen-bond donors (Lipinski definition) is 0. The molecule has 0 aliphatic carbocycles. The molecule has 0 saturated carbocycles. The minimum Gasteiger partial charge on any atom is -0.341 e. The first-order valence-electron chi connectivity index (χ1n) is 8.36. The van der Waals surface area contributed by atoms with E-state index < -0.39 is 10.8 Å². The summed E-state index contributed by atoms with van der Waals surface area (Å²) in [4.78, 5) is 13.8. The van der Waals surface area contributed by atoms with Gasteiger partial charge in [-0.25, -0.2) is 0 Å². The zero-order valence-electron chi connectivity index (χ0n) is 13.1. The summed E-state index contributed by atoms with van der Waals surface area (Å²) in [7, 11) is -0.685. The third-order valence-corrected chi connectivity index (χ3v) is 5.30. The second kappa shape index (κ2) is 11.3. The van der Waals surface area contributed by atoms with Gasteiger partial charge < -0.3 is 4.90 Å². The summed E-state index contributed by atoms with van der Waals surface area (Å²) < 4.78 is 11.2. The monoisotopic (exact) mass is 301 g/mol. The van der Waals surface area contributed by atoms with Crippen LogP contribution in [-0.4, -0.2) is 39.6 Å². The number of carbonyl (C=O) groups is 1. The minimum absolute atomic E-state index is 0.268. The van der Waals surface area contributed by atoms with E-state index in [1.165, 1.54) is 51.4 Å². The summed E-state index contributed by atoms with van der Waals surface area (Å²) in [5, 5.41) is 0. The highest BCUT2D eigenvalue weighted by atomic mass is 32.2. The molecule has 20 heavy (non-hydrogen) atoms. The molecule has 1 aliphatic heterocycles. The van der Waals surface area contributed by atoms with Crippen molar-refractivity contribution in [3.05, 3.63) is 0 Å². The first-order valence-corrected chi connectivity index (χ1v) is 9.85. The SMILES string of the molecule is CCCCCCCCCCCC(=O)N1CCS(=O)CC1. The molecule has 0 bridgehead atoms. The van der Waals surface area contributed by atoms with Crippen LogP contribution in [0.4, 0.5) is 0 Å². The van der Waals surface area contributed by atoms with Crippen LogP contribution in [0.25, 0.3) is 0 Å². The van der Waals surface area contributed by atoms with E-state index in [0.717, 1.165) is 6.42 Å². The van der Waals surface area contributed by atoms with Gasteiger partial charge in [-0.1, -0.05) is 58.3 Å². The number of nitrogens with zero attached hydrogens (tertiary/aromatic N) is 1. The number of hydrogen-bond acceptors (Lipinski definition) is 2. The Morgan fingerprint density at radius 2 is 1.40 bits per heavy atom. The lowest BCUT2D eigenvalue weighted by molar-refractivity contribution is -0.130. The van der Waals surface area contributed by atoms with Crippen molar-refractivity contribution in [1.29, 1.82) is 0 Å². The molecule has 0 atom stereocenters. The van der Waals surface area contributed by atoms with E-state index >= 15 is 0 Å². The van der Waals surface area contributed by atoms with Crippen LogP contribution in [0.5, 0.6) is 0 Å². The highest BCUT2D eigenvalue weighted by Crippen LogP contribution is 2.11. The predicted octanol–water partition coefficient (Wildman–Crippen LogP) is 3.50. The molecule has 0 aromatic carbocycles. The molecular weight excluding hydrogens is 270 g/mol. The van der Waals surface area contributed by atoms with Crippen molar-refractivity contribution in [3.8, 4) is 0 Å². The third-order valence-electron chi connectivity index (χ3n) is 4.02. The lowest BCUT2D eigenvalue weighted by Crippen LogP contribution is -2.41. The van der Waals surface area contributed by atoms with E-state index in [1.807, 2.05) is 4.90 Å². The third kappa shape index (κ3) is 8.03. The summed E-state index contributed by atoms with van der Waals surface area (Å²) in [6.07, 6.45) is 12.3. The fourth-order valence-electron chi connectivity index (χ4n) is 2.63. The Morgan fingerprint density at radius 1 is 0.900 bits per heavy atom. The Labute approximate surface area is 127 Å². The van der Waals surface area contributed by atoms with Crippen molar-refractivity contribution < 1.29 is 9.00 Å². The maximum absolute atomic E-state index is 11.9. The van der Waals surface area contributed by atoms with E-state index in [2.05, 4.69) is 6.92 Å². The topological polar surface area (TPSA) is 37.4 Å². The van der Waals surface area contributed by atoms with Crippen molar-refractivity contribution in [2.45, 2.75) is 71.1 Å². The van der Waals surface area contributed by atoms with Gasteiger partial charge in [0.15, 0.2) is 0 Å². The molecule has 1 saturated heterocycles. The first-order chi connectivity index (χ1) is 9.74. The Bertz CT molecular complexity index is 284. The van der Waals surface area contributed by atoms with Crippen LogP contribution >= 0.6 is 0 Å². The van der Waals surface area contributed by atoms with E-state index in [1.54, 1.807) is 0 Å². The summed E-state index contributed by atoms with van der Waals surface area (Å²) in [6.45, 7) is 3.64. The fourth-order valence-corrected chi connectivity index (χ4v) is 3.68. The van der Waals surface area contributed by atoms with Crippen LogP contribution < -0.4 is 0 Å². The molecule has 0 aromatic rings. The molecular formula is C16H31NO2S. The van der Waals surface area contributed by atoms with Crippen LogP contribution in [0.3, 0.4) is 0 Å². The van der Waals surface area contributed by atoms with Crippen LogP contribution in [0.15, 0.2) is 0 Å². The van der Waals surface area contributed by atoms with Gasteiger partial charge in [0.2, 0.25) is 5.91 Å². The first kappa shape index (κ1) is 17.7. The lowest BCUT2D eigenvalue weighted by atomic mass is 10.1.